The highest BCUT2D eigenvalue weighted by Gasteiger charge is 2.34. The molecule has 1 N–H and O–H groups in total. The van der Waals surface area contributed by atoms with Crippen molar-refractivity contribution in [2.24, 2.45) is 5.92 Å². The Balaban J connectivity index is 1.54. The molecule has 0 spiro atoms. The van der Waals surface area contributed by atoms with E-state index in [9.17, 15) is 4.79 Å². The number of thioether (sulfide) groups is 1. The van der Waals surface area contributed by atoms with E-state index in [1.807, 2.05) is 41.7 Å². The highest BCUT2D eigenvalue weighted by Crippen LogP contribution is 2.39. The zero-order valence-corrected chi connectivity index (χ0v) is 14.2. The Labute approximate surface area is 145 Å². The van der Waals surface area contributed by atoms with Crippen LogP contribution in [0, 0.1) is 5.92 Å². The van der Waals surface area contributed by atoms with Gasteiger partial charge >= 0.3 is 0 Å². The molecule has 1 fully saturated rings. The Morgan fingerprint density at radius 3 is 3.08 bits per heavy atom. The molecule has 0 aromatic carbocycles. The lowest BCUT2D eigenvalue weighted by atomic mass is 9.96. The first kappa shape index (κ1) is 15.4. The summed E-state index contributed by atoms with van der Waals surface area (Å²) >= 11 is 1.74. The third kappa shape index (κ3) is 2.98. The molecule has 2 aromatic rings. The van der Waals surface area contributed by atoms with Crippen LogP contribution in [0.25, 0.3) is 4.91 Å². The maximum atomic E-state index is 13.1. The van der Waals surface area contributed by atoms with Crippen LogP contribution in [0.3, 0.4) is 0 Å². The molecule has 4 heterocycles. The fourth-order valence-corrected chi connectivity index (χ4v) is 4.59. The lowest BCUT2D eigenvalue weighted by Crippen LogP contribution is -2.42. The number of amides is 1. The van der Waals surface area contributed by atoms with Crippen molar-refractivity contribution in [2.75, 3.05) is 12.3 Å². The monoisotopic (exact) mass is 340 g/mol. The van der Waals surface area contributed by atoms with Gasteiger partial charge in [-0.1, -0.05) is 12.1 Å². The lowest BCUT2D eigenvalue weighted by Gasteiger charge is -2.36. The average Bonchev–Trinajstić information content (AvgIpc) is 3.33. The molecule has 0 aliphatic carbocycles. The Morgan fingerprint density at radius 2 is 2.29 bits per heavy atom. The quantitative estimate of drug-likeness (QED) is 0.931. The van der Waals surface area contributed by atoms with E-state index >= 15 is 0 Å². The number of hydrogen-bond donors (Lipinski definition) is 1. The molecule has 1 saturated heterocycles. The van der Waals surface area contributed by atoms with Gasteiger partial charge < -0.3 is 4.90 Å². The first-order chi connectivity index (χ1) is 11.8. The molecule has 2 aromatic heterocycles. The fourth-order valence-electron chi connectivity index (χ4n) is 3.46. The fraction of sp³-hybridized carbons (Fsp3) is 0.389. The maximum Gasteiger partial charge on any atom is 0.230 e. The van der Waals surface area contributed by atoms with Gasteiger partial charge in [-0.3, -0.25) is 14.9 Å². The van der Waals surface area contributed by atoms with Crippen molar-refractivity contribution >= 4 is 22.6 Å². The third-order valence-corrected chi connectivity index (χ3v) is 5.89. The molecule has 124 valence electrons. The number of nitrogens with zero attached hydrogens (tertiary/aromatic N) is 3. The summed E-state index contributed by atoms with van der Waals surface area (Å²) in [5.41, 5.74) is 2.07. The van der Waals surface area contributed by atoms with Gasteiger partial charge in [-0.25, -0.2) is 0 Å². The van der Waals surface area contributed by atoms with Crippen molar-refractivity contribution in [3.8, 4) is 0 Å². The van der Waals surface area contributed by atoms with Gasteiger partial charge in [0.25, 0.3) is 0 Å². The number of rotatable bonds is 3. The summed E-state index contributed by atoms with van der Waals surface area (Å²) in [7, 11) is 0. The van der Waals surface area contributed by atoms with Crippen molar-refractivity contribution in [1.29, 1.82) is 0 Å². The van der Waals surface area contributed by atoms with Crippen molar-refractivity contribution in [3.63, 3.8) is 0 Å². The normalized spacial score (nSPS) is 24.0. The van der Waals surface area contributed by atoms with E-state index in [0.29, 0.717) is 0 Å². The molecule has 2 aliphatic heterocycles. The van der Waals surface area contributed by atoms with Crippen LogP contribution in [-0.2, 0) is 4.79 Å². The molecule has 5 nitrogen and oxygen atoms in total. The van der Waals surface area contributed by atoms with Crippen LogP contribution >= 0.6 is 11.8 Å². The minimum Gasteiger partial charge on any atom is -0.334 e. The van der Waals surface area contributed by atoms with E-state index in [4.69, 9.17) is 0 Å². The van der Waals surface area contributed by atoms with E-state index in [1.165, 1.54) is 0 Å². The highest BCUT2D eigenvalue weighted by atomic mass is 32.2. The summed E-state index contributed by atoms with van der Waals surface area (Å²) in [6.07, 6.45) is 10.8. The van der Waals surface area contributed by atoms with Gasteiger partial charge in [-0.15, -0.1) is 11.8 Å². The van der Waals surface area contributed by atoms with Crippen LogP contribution in [0.2, 0.25) is 0 Å². The SMILES string of the molecule is O=C(C1C=C(c2cn[nH]c2)SC1)N1CCCCC1c1ccccn1. The Bertz CT molecular complexity index is 729. The molecular formula is C18H20N4OS. The van der Waals surface area contributed by atoms with E-state index in [2.05, 4.69) is 21.3 Å². The number of carbonyl (C=O) groups is 1. The first-order valence-electron chi connectivity index (χ1n) is 8.38. The molecule has 2 unspecified atom stereocenters. The van der Waals surface area contributed by atoms with Crippen LogP contribution in [0.4, 0.5) is 0 Å². The summed E-state index contributed by atoms with van der Waals surface area (Å²) in [5.74, 6) is 0.991. The summed E-state index contributed by atoms with van der Waals surface area (Å²) in [5, 5.41) is 6.83. The molecule has 1 amide bonds. The highest BCUT2D eigenvalue weighted by molar-refractivity contribution is 8.08. The maximum absolute atomic E-state index is 13.1. The van der Waals surface area contributed by atoms with E-state index in [-0.39, 0.29) is 17.9 Å². The number of pyridine rings is 1. The van der Waals surface area contributed by atoms with Gasteiger partial charge in [0.15, 0.2) is 0 Å². The number of piperidine rings is 1. The smallest absolute Gasteiger partial charge is 0.230 e. The molecule has 4 rings (SSSR count). The summed E-state index contributed by atoms with van der Waals surface area (Å²) in [4.78, 5) is 20.8. The summed E-state index contributed by atoms with van der Waals surface area (Å²) < 4.78 is 0. The zero-order chi connectivity index (χ0) is 16.4. The van der Waals surface area contributed by atoms with Crippen LogP contribution in [-0.4, -0.2) is 38.3 Å². The van der Waals surface area contributed by atoms with Gasteiger partial charge in [0, 0.05) is 35.2 Å². The van der Waals surface area contributed by atoms with Crippen LogP contribution in [0.1, 0.15) is 36.6 Å². The standard InChI is InChI=1S/C18H20N4OS/c23-18(13-9-17(24-12-13)14-10-20-21-11-14)22-8-4-2-6-16(22)15-5-1-3-7-19-15/h1,3,5,7,9-11,13,16H,2,4,6,8,12H2,(H,20,21). The largest absolute Gasteiger partial charge is 0.334 e. The van der Waals surface area contributed by atoms with Crippen LogP contribution in [0.15, 0.2) is 42.9 Å². The van der Waals surface area contributed by atoms with E-state index < -0.39 is 0 Å². The zero-order valence-electron chi connectivity index (χ0n) is 13.4. The van der Waals surface area contributed by atoms with E-state index in [1.54, 1.807) is 11.8 Å². The summed E-state index contributed by atoms with van der Waals surface area (Å²) in [6, 6.07) is 6.07. The average molecular weight is 340 g/mol. The Kier molecular flexibility index (Phi) is 4.38. The second-order valence-electron chi connectivity index (χ2n) is 6.23. The number of carbonyl (C=O) groups excluding carboxylic acids is 1. The van der Waals surface area contributed by atoms with Crippen molar-refractivity contribution in [2.45, 2.75) is 25.3 Å². The third-order valence-electron chi connectivity index (χ3n) is 4.69. The first-order valence-corrected chi connectivity index (χ1v) is 9.36. The second-order valence-corrected chi connectivity index (χ2v) is 7.30. The molecule has 0 radical (unpaired) electrons. The van der Waals surface area contributed by atoms with Crippen molar-refractivity contribution in [3.05, 3.63) is 54.1 Å². The van der Waals surface area contributed by atoms with Gasteiger partial charge in [-0.2, -0.15) is 5.10 Å². The Morgan fingerprint density at radius 1 is 1.33 bits per heavy atom. The lowest BCUT2D eigenvalue weighted by molar-refractivity contribution is -0.137. The minimum absolute atomic E-state index is 0.0517. The van der Waals surface area contributed by atoms with Gasteiger partial charge in [0.05, 0.1) is 23.9 Å². The van der Waals surface area contributed by atoms with Crippen molar-refractivity contribution in [1.82, 2.24) is 20.1 Å². The van der Waals surface area contributed by atoms with E-state index in [0.717, 1.165) is 47.7 Å². The number of likely N-dealkylation sites (tertiary alicyclic amines) is 1. The predicted octanol–water partition coefficient (Wildman–Crippen LogP) is 3.26. The van der Waals surface area contributed by atoms with Crippen LogP contribution < -0.4 is 0 Å². The van der Waals surface area contributed by atoms with Gasteiger partial charge in [0.2, 0.25) is 5.91 Å². The predicted molar refractivity (Wildman–Crippen MR) is 95.1 cm³/mol. The number of aromatic nitrogens is 3. The summed E-state index contributed by atoms with van der Waals surface area (Å²) in [6.45, 7) is 0.829. The minimum atomic E-state index is -0.0517. The number of H-pyrrole nitrogens is 1. The Hall–Kier alpha value is -2.08. The second kappa shape index (κ2) is 6.81. The molecule has 2 aliphatic rings. The molecule has 0 bridgehead atoms. The van der Waals surface area contributed by atoms with Gasteiger partial charge in [-0.05, 0) is 31.4 Å². The molecule has 2 atom stereocenters. The number of aromatic amines is 1. The van der Waals surface area contributed by atoms with Gasteiger partial charge in [0.1, 0.15) is 0 Å². The topological polar surface area (TPSA) is 61.9 Å². The molecule has 24 heavy (non-hydrogen) atoms. The van der Waals surface area contributed by atoms with Crippen molar-refractivity contribution < 1.29 is 4.79 Å². The van der Waals surface area contributed by atoms with Crippen LogP contribution in [0.5, 0.6) is 0 Å². The molecule has 0 saturated carbocycles. The molecule has 6 heteroatoms. The number of nitrogens with one attached hydrogen (secondary N) is 1. The number of hydrogen-bond acceptors (Lipinski definition) is 4. The molecular weight excluding hydrogens is 320 g/mol.